The van der Waals surface area contributed by atoms with E-state index >= 15 is 0 Å². The maximum Gasteiger partial charge on any atom is 0.123 e. The number of benzene rings is 1. The minimum Gasteiger partial charge on any atom is -0.472 e. The molecule has 0 saturated heterocycles. The van der Waals surface area contributed by atoms with E-state index in [0.717, 1.165) is 29.8 Å². The summed E-state index contributed by atoms with van der Waals surface area (Å²) in [6, 6.07) is 6.86. The van der Waals surface area contributed by atoms with Crippen LogP contribution in [0, 0.1) is 5.82 Å². The molecule has 4 heteroatoms. The molecule has 0 saturated carbocycles. The summed E-state index contributed by atoms with van der Waals surface area (Å²) in [4.78, 5) is 2.09. The summed E-state index contributed by atoms with van der Waals surface area (Å²) in [6.45, 7) is 2.76. The van der Waals surface area contributed by atoms with E-state index in [1.54, 1.807) is 18.6 Å². The Morgan fingerprint density at radius 1 is 1.35 bits per heavy atom. The second kappa shape index (κ2) is 6.57. The molecule has 1 aromatic heterocycles. The van der Waals surface area contributed by atoms with Gasteiger partial charge in [-0.25, -0.2) is 4.39 Å². The number of nitrogens with two attached hydrogens (primary N) is 1. The van der Waals surface area contributed by atoms with Crippen molar-refractivity contribution in [2.24, 2.45) is 5.73 Å². The third-order valence-electron chi connectivity index (χ3n) is 3.46. The monoisotopic (exact) mass is 276 g/mol. The van der Waals surface area contributed by atoms with E-state index in [2.05, 4.69) is 4.90 Å². The maximum absolute atomic E-state index is 13.5. The molecule has 1 aromatic carbocycles. The molecule has 0 radical (unpaired) electrons. The lowest BCUT2D eigenvalue weighted by atomic mass is 10.0. The highest BCUT2D eigenvalue weighted by atomic mass is 19.1. The first-order valence-electron chi connectivity index (χ1n) is 6.86. The first-order valence-corrected chi connectivity index (χ1v) is 6.86. The normalized spacial score (nSPS) is 12.4. The fourth-order valence-corrected chi connectivity index (χ4v) is 2.26. The van der Waals surface area contributed by atoms with Gasteiger partial charge in [0.2, 0.25) is 0 Å². The van der Waals surface area contributed by atoms with Gasteiger partial charge >= 0.3 is 0 Å². The van der Waals surface area contributed by atoms with Gasteiger partial charge in [-0.3, -0.25) is 0 Å². The quantitative estimate of drug-likeness (QED) is 0.880. The van der Waals surface area contributed by atoms with Crippen LogP contribution in [0.2, 0.25) is 0 Å². The predicted octanol–water partition coefficient (Wildman–Crippen LogP) is 3.33. The molecule has 0 bridgehead atoms. The Labute approximate surface area is 119 Å². The highest BCUT2D eigenvalue weighted by molar-refractivity contribution is 5.54. The van der Waals surface area contributed by atoms with Crippen molar-refractivity contribution in [3.8, 4) is 0 Å². The fraction of sp³-hybridized carbons (Fsp3) is 0.375. The molecule has 108 valence electrons. The fourth-order valence-electron chi connectivity index (χ4n) is 2.26. The van der Waals surface area contributed by atoms with Gasteiger partial charge in [-0.15, -0.1) is 0 Å². The summed E-state index contributed by atoms with van der Waals surface area (Å²) in [5.74, 6) is -0.219. The minimum atomic E-state index is -0.219. The molecule has 3 nitrogen and oxygen atoms in total. The zero-order chi connectivity index (χ0) is 14.5. The lowest BCUT2D eigenvalue weighted by molar-refractivity contribution is 0.563. The topological polar surface area (TPSA) is 42.4 Å². The summed E-state index contributed by atoms with van der Waals surface area (Å²) in [5, 5.41) is 0. The number of rotatable bonds is 6. The predicted molar refractivity (Wildman–Crippen MR) is 79.2 cm³/mol. The molecule has 0 aliphatic rings. The van der Waals surface area contributed by atoms with Crippen LogP contribution in [-0.2, 0) is 13.0 Å². The summed E-state index contributed by atoms with van der Waals surface area (Å²) in [5.41, 5.74) is 9.05. The van der Waals surface area contributed by atoms with E-state index in [1.807, 2.05) is 26.1 Å². The molecule has 0 fully saturated rings. The molecule has 2 aromatic rings. The zero-order valence-corrected chi connectivity index (χ0v) is 12.0. The van der Waals surface area contributed by atoms with Gasteiger partial charge in [0.25, 0.3) is 0 Å². The van der Waals surface area contributed by atoms with Crippen molar-refractivity contribution >= 4 is 5.69 Å². The van der Waals surface area contributed by atoms with Gasteiger partial charge in [0.1, 0.15) is 5.82 Å². The summed E-state index contributed by atoms with van der Waals surface area (Å²) in [7, 11) is 1.99. The molecule has 0 aliphatic carbocycles. The molecular weight excluding hydrogens is 255 g/mol. The minimum absolute atomic E-state index is 0.0536. The van der Waals surface area contributed by atoms with Gasteiger partial charge in [-0.2, -0.15) is 0 Å². The van der Waals surface area contributed by atoms with Crippen molar-refractivity contribution < 1.29 is 8.81 Å². The van der Waals surface area contributed by atoms with Crippen molar-refractivity contribution in [1.82, 2.24) is 0 Å². The van der Waals surface area contributed by atoms with Gasteiger partial charge in [0.05, 0.1) is 12.5 Å². The number of nitrogens with zero attached hydrogens (tertiary/aromatic N) is 1. The molecular formula is C16H21FN2O. The molecule has 20 heavy (non-hydrogen) atoms. The van der Waals surface area contributed by atoms with Crippen LogP contribution >= 0.6 is 0 Å². The van der Waals surface area contributed by atoms with Gasteiger partial charge in [-0.05, 0) is 42.7 Å². The van der Waals surface area contributed by atoms with Crippen molar-refractivity contribution in [1.29, 1.82) is 0 Å². The van der Waals surface area contributed by atoms with E-state index in [4.69, 9.17) is 10.2 Å². The first kappa shape index (κ1) is 14.6. The van der Waals surface area contributed by atoms with Crippen molar-refractivity contribution in [2.45, 2.75) is 32.4 Å². The van der Waals surface area contributed by atoms with Crippen LogP contribution < -0.4 is 10.6 Å². The maximum atomic E-state index is 13.5. The summed E-state index contributed by atoms with van der Waals surface area (Å²) < 4.78 is 18.5. The molecule has 0 amide bonds. The Kier molecular flexibility index (Phi) is 4.79. The average Bonchev–Trinajstić information content (AvgIpc) is 2.91. The second-order valence-electron chi connectivity index (χ2n) is 5.13. The van der Waals surface area contributed by atoms with Crippen molar-refractivity contribution in [3.63, 3.8) is 0 Å². The molecule has 1 unspecified atom stereocenters. The smallest absolute Gasteiger partial charge is 0.123 e. The Hall–Kier alpha value is -1.81. The molecule has 2 rings (SSSR count). The molecule has 1 heterocycles. The van der Waals surface area contributed by atoms with Crippen molar-refractivity contribution in [2.75, 3.05) is 11.9 Å². The lowest BCUT2D eigenvalue weighted by Gasteiger charge is -2.23. The van der Waals surface area contributed by atoms with Crippen LogP contribution in [0.4, 0.5) is 10.1 Å². The number of furan rings is 1. The van der Waals surface area contributed by atoms with Gasteiger partial charge in [-0.1, -0.05) is 6.92 Å². The van der Waals surface area contributed by atoms with E-state index in [0.29, 0.717) is 6.42 Å². The molecule has 0 aliphatic heterocycles. The average molecular weight is 276 g/mol. The number of halogens is 1. The molecule has 0 spiro atoms. The van der Waals surface area contributed by atoms with E-state index in [1.165, 1.54) is 6.07 Å². The van der Waals surface area contributed by atoms with Gasteiger partial charge in [0, 0.05) is 30.9 Å². The third kappa shape index (κ3) is 3.61. The Balaban J connectivity index is 2.20. The number of hydrogen-bond donors (Lipinski definition) is 1. The van der Waals surface area contributed by atoms with Crippen LogP contribution in [0.25, 0.3) is 0 Å². The van der Waals surface area contributed by atoms with Crippen LogP contribution in [-0.4, -0.2) is 13.1 Å². The third-order valence-corrected chi connectivity index (χ3v) is 3.46. The molecule has 1 atom stereocenters. The summed E-state index contributed by atoms with van der Waals surface area (Å²) in [6.07, 6.45) is 4.93. The van der Waals surface area contributed by atoms with E-state index in [9.17, 15) is 4.39 Å². The van der Waals surface area contributed by atoms with Crippen LogP contribution in [0.1, 0.15) is 24.5 Å². The first-order chi connectivity index (χ1) is 9.60. The SMILES string of the molecule is CCC(N)Cc1cc(F)ccc1N(C)Cc1ccoc1. The lowest BCUT2D eigenvalue weighted by Crippen LogP contribution is -2.24. The van der Waals surface area contributed by atoms with Crippen LogP contribution in [0.3, 0.4) is 0 Å². The Morgan fingerprint density at radius 3 is 2.80 bits per heavy atom. The molecule has 2 N–H and O–H groups in total. The van der Waals surface area contributed by atoms with E-state index in [-0.39, 0.29) is 11.9 Å². The Morgan fingerprint density at radius 2 is 2.15 bits per heavy atom. The second-order valence-corrected chi connectivity index (χ2v) is 5.13. The zero-order valence-electron chi connectivity index (χ0n) is 12.0. The van der Waals surface area contributed by atoms with Crippen molar-refractivity contribution in [3.05, 3.63) is 53.7 Å². The van der Waals surface area contributed by atoms with Crippen LogP contribution in [0.5, 0.6) is 0 Å². The van der Waals surface area contributed by atoms with Crippen LogP contribution in [0.15, 0.2) is 41.2 Å². The largest absolute Gasteiger partial charge is 0.472 e. The van der Waals surface area contributed by atoms with Gasteiger partial charge < -0.3 is 15.1 Å². The van der Waals surface area contributed by atoms with E-state index < -0.39 is 0 Å². The highest BCUT2D eigenvalue weighted by Crippen LogP contribution is 2.24. The number of anilines is 1. The van der Waals surface area contributed by atoms with Gasteiger partial charge in [0.15, 0.2) is 0 Å². The highest BCUT2D eigenvalue weighted by Gasteiger charge is 2.12. The summed E-state index contributed by atoms with van der Waals surface area (Å²) >= 11 is 0. The standard InChI is InChI=1S/C16H21FN2O/c1-3-15(18)9-13-8-14(17)4-5-16(13)19(2)10-12-6-7-20-11-12/h4-8,11,15H,3,9-10,18H2,1-2H3. The number of hydrogen-bond acceptors (Lipinski definition) is 3. The Bertz CT molecular complexity index is 539.